The first-order valence-electron chi connectivity index (χ1n) is 7.16. The molecule has 20 heavy (non-hydrogen) atoms. The Hall–Kier alpha value is -1.59. The predicted octanol–water partition coefficient (Wildman–Crippen LogP) is 2.25. The Morgan fingerprint density at radius 3 is 2.90 bits per heavy atom. The molecule has 0 spiro atoms. The molecule has 1 saturated carbocycles. The third-order valence-electron chi connectivity index (χ3n) is 3.93. The maximum Gasteiger partial charge on any atom is 0.118 e. The number of imidazole rings is 1. The van der Waals surface area contributed by atoms with Crippen LogP contribution in [0.1, 0.15) is 42.1 Å². The molecule has 1 aliphatic carbocycles. The average Bonchev–Trinajstić information content (AvgIpc) is 3.02. The lowest BCUT2D eigenvalue weighted by atomic mass is 10.2. The molecular weight excluding hydrogens is 252 g/mol. The summed E-state index contributed by atoms with van der Waals surface area (Å²) in [6, 6.07) is 4.82. The lowest BCUT2D eigenvalue weighted by molar-refractivity contribution is 0.213. The van der Waals surface area contributed by atoms with E-state index < -0.39 is 0 Å². The fourth-order valence-electron chi connectivity index (χ4n) is 2.68. The second-order valence-electron chi connectivity index (χ2n) is 5.64. The lowest BCUT2D eigenvalue weighted by Crippen LogP contribution is -2.31. The Bertz CT molecular complexity index is 570. The highest BCUT2D eigenvalue weighted by atomic mass is 16.3. The maximum absolute atomic E-state index is 6.00. The van der Waals surface area contributed by atoms with Crippen molar-refractivity contribution >= 4 is 0 Å². The highest BCUT2D eigenvalue weighted by molar-refractivity contribution is 5.11. The molecule has 0 bridgehead atoms. The fourth-order valence-corrected chi connectivity index (χ4v) is 2.68. The molecule has 2 N–H and O–H groups in total. The van der Waals surface area contributed by atoms with E-state index in [1.165, 1.54) is 18.5 Å². The van der Waals surface area contributed by atoms with Gasteiger partial charge in [0.15, 0.2) is 0 Å². The molecule has 1 fully saturated rings. The minimum Gasteiger partial charge on any atom is -0.465 e. The summed E-state index contributed by atoms with van der Waals surface area (Å²) >= 11 is 0. The zero-order valence-electron chi connectivity index (χ0n) is 12.1. The smallest absolute Gasteiger partial charge is 0.118 e. The van der Waals surface area contributed by atoms with Crippen LogP contribution in [0.15, 0.2) is 29.1 Å². The van der Waals surface area contributed by atoms with Gasteiger partial charge in [-0.3, -0.25) is 4.90 Å². The van der Waals surface area contributed by atoms with Crippen molar-refractivity contribution in [2.45, 2.75) is 38.4 Å². The zero-order chi connectivity index (χ0) is 14.1. The van der Waals surface area contributed by atoms with Crippen LogP contribution in [0.2, 0.25) is 0 Å². The van der Waals surface area contributed by atoms with Crippen LogP contribution in [-0.4, -0.2) is 28.0 Å². The van der Waals surface area contributed by atoms with E-state index in [1.807, 2.05) is 31.6 Å². The molecule has 0 saturated heterocycles. The molecule has 3 rings (SSSR count). The third kappa shape index (κ3) is 2.64. The summed E-state index contributed by atoms with van der Waals surface area (Å²) in [6.45, 7) is 3.30. The van der Waals surface area contributed by atoms with Crippen molar-refractivity contribution in [2.75, 3.05) is 13.6 Å². The van der Waals surface area contributed by atoms with Gasteiger partial charge in [-0.05, 0) is 38.9 Å². The van der Waals surface area contributed by atoms with Crippen molar-refractivity contribution in [1.29, 1.82) is 0 Å². The highest BCUT2D eigenvalue weighted by Gasteiger charge is 2.29. The Balaban J connectivity index is 1.76. The molecular formula is C15H22N4O. The standard InChI is InChI=1S/C15H22N4O/c1-11-3-6-13(20-11)9-18(2)14(7-16)15-8-17-10-19(15)12-4-5-12/h3,6,8,10,12,14H,4-5,7,9,16H2,1-2H3. The van der Waals surface area contributed by atoms with Gasteiger partial charge in [-0.25, -0.2) is 4.98 Å². The van der Waals surface area contributed by atoms with E-state index in [0.717, 1.165) is 18.1 Å². The maximum atomic E-state index is 6.00. The van der Waals surface area contributed by atoms with Gasteiger partial charge >= 0.3 is 0 Å². The predicted molar refractivity (Wildman–Crippen MR) is 77.2 cm³/mol. The molecule has 0 aromatic carbocycles. The van der Waals surface area contributed by atoms with E-state index in [9.17, 15) is 0 Å². The Labute approximate surface area is 119 Å². The summed E-state index contributed by atoms with van der Waals surface area (Å²) in [5, 5.41) is 0. The van der Waals surface area contributed by atoms with Crippen molar-refractivity contribution in [3.63, 3.8) is 0 Å². The van der Waals surface area contributed by atoms with Crippen LogP contribution in [0.4, 0.5) is 0 Å². The van der Waals surface area contributed by atoms with Gasteiger partial charge in [0.25, 0.3) is 0 Å². The first-order chi connectivity index (χ1) is 9.69. The summed E-state index contributed by atoms with van der Waals surface area (Å²) in [7, 11) is 2.08. The molecule has 0 aliphatic heterocycles. The van der Waals surface area contributed by atoms with E-state index in [0.29, 0.717) is 12.6 Å². The van der Waals surface area contributed by atoms with E-state index in [2.05, 4.69) is 21.5 Å². The number of aryl methyl sites for hydroxylation is 1. The number of aromatic nitrogens is 2. The van der Waals surface area contributed by atoms with Gasteiger partial charge < -0.3 is 14.7 Å². The molecule has 1 atom stereocenters. The van der Waals surface area contributed by atoms with Crippen LogP contribution in [0.5, 0.6) is 0 Å². The Morgan fingerprint density at radius 2 is 2.30 bits per heavy atom. The van der Waals surface area contributed by atoms with Crippen LogP contribution >= 0.6 is 0 Å². The molecule has 5 nitrogen and oxygen atoms in total. The SMILES string of the molecule is Cc1ccc(CN(C)C(CN)c2cncn2C2CC2)o1. The molecule has 2 aromatic rings. The number of hydrogen-bond donors (Lipinski definition) is 1. The number of nitrogens with zero attached hydrogens (tertiary/aromatic N) is 3. The number of hydrogen-bond acceptors (Lipinski definition) is 4. The molecule has 2 aromatic heterocycles. The largest absolute Gasteiger partial charge is 0.465 e. The minimum atomic E-state index is 0.170. The van der Waals surface area contributed by atoms with E-state index in [1.54, 1.807) is 0 Å². The van der Waals surface area contributed by atoms with Gasteiger partial charge in [-0.15, -0.1) is 0 Å². The van der Waals surface area contributed by atoms with Gasteiger partial charge in [0.1, 0.15) is 11.5 Å². The van der Waals surface area contributed by atoms with Crippen LogP contribution < -0.4 is 5.73 Å². The fraction of sp³-hybridized carbons (Fsp3) is 0.533. The average molecular weight is 274 g/mol. The first kappa shape index (κ1) is 13.4. The van der Waals surface area contributed by atoms with Crippen molar-refractivity contribution in [1.82, 2.24) is 14.5 Å². The number of rotatable bonds is 6. The van der Waals surface area contributed by atoms with E-state index >= 15 is 0 Å². The summed E-state index contributed by atoms with van der Waals surface area (Å²) in [5.41, 5.74) is 7.21. The van der Waals surface area contributed by atoms with Crippen LogP contribution in [0.25, 0.3) is 0 Å². The summed E-state index contributed by atoms with van der Waals surface area (Å²) in [4.78, 5) is 6.53. The van der Waals surface area contributed by atoms with Gasteiger partial charge in [-0.1, -0.05) is 0 Å². The lowest BCUT2D eigenvalue weighted by Gasteiger charge is -2.27. The van der Waals surface area contributed by atoms with Crippen LogP contribution in [-0.2, 0) is 6.54 Å². The van der Waals surface area contributed by atoms with Crippen molar-refractivity contribution in [3.05, 3.63) is 41.9 Å². The number of furan rings is 1. The van der Waals surface area contributed by atoms with Gasteiger partial charge in [0.2, 0.25) is 0 Å². The summed E-state index contributed by atoms with van der Waals surface area (Å²) in [5.74, 6) is 1.92. The zero-order valence-corrected chi connectivity index (χ0v) is 12.1. The normalized spacial score (nSPS) is 16.8. The summed E-state index contributed by atoms with van der Waals surface area (Å²) < 4.78 is 7.93. The minimum absolute atomic E-state index is 0.170. The first-order valence-corrected chi connectivity index (χ1v) is 7.16. The number of likely N-dealkylation sites (N-methyl/N-ethyl adjacent to an activating group) is 1. The molecule has 0 radical (unpaired) electrons. The van der Waals surface area contributed by atoms with Crippen LogP contribution in [0, 0.1) is 6.92 Å². The summed E-state index contributed by atoms with van der Waals surface area (Å²) in [6.07, 6.45) is 6.38. The van der Waals surface area contributed by atoms with E-state index in [4.69, 9.17) is 10.2 Å². The molecule has 1 aliphatic rings. The molecule has 5 heteroatoms. The molecule has 108 valence electrons. The van der Waals surface area contributed by atoms with Gasteiger partial charge in [0.05, 0.1) is 24.6 Å². The third-order valence-corrected chi connectivity index (χ3v) is 3.93. The quantitative estimate of drug-likeness (QED) is 0.877. The monoisotopic (exact) mass is 274 g/mol. The molecule has 0 amide bonds. The second kappa shape index (κ2) is 5.42. The topological polar surface area (TPSA) is 60.2 Å². The second-order valence-corrected chi connectivity index (χ2v) is 5.64. The van der Waals surface area contributed by atoms with Crippen molar-refractivity contribution < 1.29 is 4.42 Å². The van der Waals surface area contributed by atoms with E-state index in [-0.39, 0.29) is 6.04 Å². The van der Waals surface area contributed by atoms with Gasteiger partial charge in [0, 0.05) is 18.8 Å². The van der Waals surface area contributed by atoms with Crippen molar-refractivity contribution in [3.8, 4) is 0 Å². The van der Waals surface area contributed by atoms with Gasteiger partial charge in [-0.2, -0.15) is 0 Å². The Kier molecular flexibility index (Phi) is 3.63. The van der Waals surface area contributed by atoms with Crippen LogP contribution in [0.3, 0.4) is 0 Å². The molecule has 1 unspecified atom stereocenters. The number of nitrogens with two attached hydrogens (primary N) is 1. The highest BCUT2D eigenvalue weighted by Crippen LogP contribution is 2.37. The Morgan fingerprint density at radius 1 is 1.50 bits per heavy atom. The molecule has 2 heterocycles. The van der Waals surface area contributed by atoms with Crippen molar-refractivity contribution in [2.24, 2.45) is 5.73 Å².